The molecule has 0 spiro atoms. The van der Waals surface area contributed by atoms with Crippen LogP contribution in [0.15, 0.2) is 27.4 Å². The van der Waals surface area contributed by atoms with Crippen molar-refractivity contribution in [2.45, 2.75) is 30.9 Å². The number of nitrogens with zero attached hydrogens (tertiary/aromatic N) is 1. The smallest absolute Gasteiger partial charge is 0.408 e. The number of nitrogens with one attached hydrogen (secondary N) is 1. The van der Waals surface area contributed by atoms with Gasteiger partial charge in [0.05, 0.1) is 16.5 Å². The van der Waals surface area contributed by atoms with Crippen molar-refractivity contribution in [1.82, 2.24) is 4.57 Å². The van der Waals surface area contributed by atoms with Gasteiger partial charge < -0.3 is 4.42 Å². The van der Waals surface area contributed by atoms with Crippen molar-refractivity contribution < 1.29 is 12.8 Å². The molecule has 0 radical (unpaired) electrons. The third-order valence-corrected chi connectivity index (χ3v) is 5.66. The second-order valence-corrected chi connectivity index (χ2v) is 7.12. The predicted molar refractivity (Wildman–Crippen MR) is 76.3 cm³/mol. The van der Waals surface area contributed by atoms with E-state index in [9.17, 15) is 13.2 Å². The number of aromatic nitrogens is 1. The molecule has 1 aliphatic carbocycles. The number of sulfonamides is 1. The van der Waals surface area contributed by atoms with Crippen LogP contribution in [-0.4, -0.2) is 18.2 Å². The van der Waals surface area contributed by atoms with E-state index in [2.05, 4.69) is 4.72 Å². The maximum atomic E-state index is 12.2. The maximum absolute atomic E-state index is 12.2. The molecule has 1 aromatic carbocycles. The van der Waals surface area contributed by atoms with Crippen molar-refractivity contribution in [3.63, 3.8) is 0 Å². The minimum absolute atomic E-state index is 0.319. The summed E-state index contributed by atoms with van der Waals surface area (Å²) in [4.78, 5) is 11.4. The van der Waals surface area contributed by atoms with Crippen molar-refractivity contribution in [1.29, 1.82) is 0 Å². The molecule has 1 saturated carbocycles. The zero-order valence-electron chi connectivity index (χ0n) is 11.1. The molecular weight excluding hydrogens is 280 g/mol. The molecule has 0 unspecified atom stereocenters. The summed E-state index contributed by atoms with van der Waals surface area (Å²) in [6.07, 6.45) is 3.33. The lowest BCUT2D eigenvalue weighted by Crippen LogP contribution is -2.25. The van der Waals surface area contributed by atoms with Crippen LogP contribution in [0, 0.1) is 0 Å². The van der Waals surface area contributed by atoms with E-state index in [1.165, 1.54) is 4.57 Å². The van der Waals surface area contributed by atoms with Crippen molar-refractivity contribution in [2.75, 3.05) is 4.72 Å². The van der Waals surface area contributed by atoms with Crippen molar-refractivity contribution in [2.24, 2.45) is 7.05 Å². The fourth-order valence-corrected chi connectivity index (χ4v) is 4.22. The third-order valence-electron chi connectivity index (χ3n) is 3.79. The molecule has 1 heterocycles. The number of hydrogen-bond acceptors (Lipinski definition) is 4. The van der Waals surface area contributed by atoms with Crippen molar-refractivity contribution >= 4 is 26.8 Å². The molecule has 0 bridgehead atoms. The fraction of sp³-hybridized carbons (Fsp3) is 0.462. The van der Waals surface area contributed by atoms with E-state index < -0.39 is 15.8 Å². The van der Waals surface area contributed by atoms with Crippen LogP contribution in [-0.2, 0) is 17.1 Å². The first-order valence-corrected chi connectivity index (χ1v) is 8.13. The first-order valence-electron chi connectivity index (χ1n) is 6.58. The van der Waals surface area contributed by atoms with Crippen molar-refractivity contribution in [3.05, 3.63) is 28.7 Å². The average molecular weight is 296 g/mol. The van der Waals surface area contributed by atoms with E-state index in [4.69, 9.17) is 4.42 Å². The normalized spacial score (nSPS) is 16.9. The number of aryl methyl sites for hydroxylation is 1. The summed E-state index contributed by atoms with van der Waals surface area (Å²) in [5.74, 6) is -0.462. The number of hydrogen-bond donors (Lipinski definition) is 1. The highest BCUT2D eigenvalue weighted by Gasteiger charge is 2.28. The van der Waals surface area contributed by atoms with Crippen molar-refractivity contribution in [3.8, 4) is 0 Å². The van der Waals surface area contributed by atoms with Gasteiger partial charge in [0, 0.05) is 13.1 Å². The van der Waals surface area contributed by atoms with Crippen LogP contribution in [0.4, 0.5) is 5.69 Å². The lowest BCUT2D eigenvalue weighted by atomic mass is 10.3. The van der Waals surface area contributed by atoms with Gasteiger partial charge in [0.1, 0.15) is 0 Å². The molecule has 3 rings (SSSR count). The lowest BCUT2D eigenvalue weighted by molar-refractivity contribution is 0.528. The molecule has 0 amide bonds. The van der Waals surface area contributed by atoms with Gasteiger partial charge in [-0.2, -0.15) is 0 Å². The zero-order chi connectivity index (χ0) is 14.3. The Bertz CT molecular complexity index is 797. The number of oxazole rings is 1. The topological polar surface area (TPSA) is 81.3 Å². The molecule has 20 heavy (non-hydrogen) atoms. The highest BCUT2D eigenvalue weighted by atomic mass is 32.2. The van der Waals surface area contributed by atoms with E-state index >= 15 is 0 Å². The first-order chi connectivity index (χ1) is 9.47. The van der Waals surface area contributed by atoms with E-state index in [-0.39, 0.29) is 5.25 Å². The molecular formula is C13H16N2O4S. The minimum atomic E-state index is -3.36. The summed E-state index contributed by atoms with van der Waals surface area (Å²) in [5.41, 5.74) is 1.45. The Hall–Kier alpha value is -1.76. The largest absolute Gasteiger partial charge is 0.419 e. The molecule has 1 fully saturated rings. The fourth-order valence-electron chi connectivity index (χ4n) is 2.64. The van der Waals surface area contributed by atoms with Crippen LogP contribution in [0.5, 0.6) is 0 Å². The summed E-state index contributed by atoms with van der Waals surface area (Å²) in [7, 11) is -1.75. The predicted octanol–water partition coefficient (Wildman–Crippen LogP) is 1.82. The Morgan fingerprint density at radius 2 is 2.00 bits per heavy atom. The summed E-state index contributed by atoms with van der Waals surface area (Å²) >= 11 is 0. The van der Waals surface area contributed by atoms with Gasteiger partial charge >= 0.3 is 5.76 Å². The van der Waals surface area contributed by atoms with E-state index in [1.807, 2.05) is 0 Å². The van der Waals surface area contributed by atoms with E-state index in [1.54, 1.807) is 25.2 Å². The molecule has 108 valence electrons. The summed E-state index contributed by atoms with van der Waals surface area (Å²) < 4.78 is 33.4. The van der Waals surface area contributed by atoms with Crippen LogP contribution in [0.25, 0.3) is 11.1 Å². The maximum Gasteiger partial charge on any atom is 0.419 e. The second-order valence-electron chi connectivity index (χ2n) is 5.16. The molecule has 0 aliphatic heterocycles. The molecule has 7 heteroatoms. The van der Waals surface area contributed by atoms with Gasteiger partial charge in [-0.25, -0.2) is 13.2 Å². The number of benzene rings is 1. The Kier molecular flexibility index (Phi) is 3.08. The molecule has 0 saturated heterocycles. The second kappa shape index (κ2) is 4.66. The van der Waals surface area contributed by atoms with Gasteiger partial charge in [-0.1, -0.05) is 12.8 Å². The highest BCUT2D eigenvalue weighted by Crippen LogP contribution is 2.27. The van der Waals surface area contributed by atoms with Gasteiger partial charge in [-0.15, -0.1) is 0 Å². The van der Waals surface area contributed by atoms with Crippen LogP contribution in [0.2, 0.25) is 0 Å². The lowest BCUT2D eigenvalue weighted by Gasteiger charge is -2.13. The molecule has 1 N–H and O–H groups in total. The molecule has 1 aromatic heterocycles. The van der Waals surface area contributed by atoms with Gasteiger partial charge in [-0.3, -0.25) is 9.29 Å². The van der Waals surface area contributed by atoms with E-state index in [0.717, 1.165) is 12.8 Å². The minimum Gasteiger partial charge on any atom is -0.408 e. The number of rotatable bonds is 3. The van der Waals surface area contributed by atoms with Crippen LogP contribution >= 0.6 is 0 Å². The molecule has 6 nitrogen and oxygen atoms in total. The SMILES string of the molecule is Cn1c(=O)oc2cc(NS(=O)(=O)C3CCCC3)ccc21. The Morgan fingerprint density at radius 3 is 2.70 bits per heavy atom. The summed E-state index contributed by atoms with van der Waals surface area (Å²) in [6.45, 7) is 0. The molecule has 0 atom stereocenters. The quantitative estimate of drug-likeness (QED) is 0.936. The Morgan fingerprint density at radius 1 is 1.30 bits per heavy atom. The van der Waals surface area contributed by atoms with Crippen LogP contribution in [0.3, 0.4) is 0 Å². The Balaban J connectivity index is 1.93. The van der Waals surface area contributed by atoms with E-state index in [0.29, 0.717) is 29.6 Å². The molecule has 2 aromatic rings. The monoisotopic (exact) mass is 296 g/mol. The van der Waals surface area contributed by atoms with Gasteiger partial charge in [0.15, 0.2) is 5.58 Å². The summed E-state index contributed by atoms with van der Waals surface area (Å²) in [6, 6.07) is 4.86. The first kappa shape index (κ1) is 13.2. The highest BCUT2D eigenvalue weighted by molar-refractivity contribution is 7.93. The third kappa shape index (κ3) is 2.22. The number of anilines is 1. The van der Waals surface area contributed by atoms with Gasteiger partial charge in [0.25, 0.3) is 0 Å². The molecule has 1 aliphatic rings. The summed E-state index contributed by atoms with van der Waals surface area (Å²) in [5, 5.41) is -0.319. The van der Waals surface area contributed by atoms with Crippen LogP contribution < -0.4 is 10.5 Å². The van der Waals surface area contributed by atoms with Gasteiger partial charge in [0.2, 0.25) is 10.0 Å². The van der Waals surface area contributed by atoms with Gasteiger partial charge in [-0.05, 0) is 25.0 Å². The number of fused-ring (bicyclic) bond motifs is 1. The average Bonchev–Trinajstić information content (AvgIpc) is 2.99. The zero-order valence-corrected chi connectivity index (χ0v) is 11.9. The Labute approximate surface area is 116 Å². The standard InChI is InChI=1S/C13H16N2O4S/c1-15-11-7-6-9(8-12(11)19-13(15)16)14-20(17,18)10-4-2-3-5-10/h6-8,10,14H,2-5H2,1H3. The van der Waals surface area contributed by atoms with Crippen LogP contribution in [0.1, 0.15) is 25.7 Å².